The Balaban J connectivity index is 0.00000133. The maximum Gasteiger partial charge on any atom is 0.139 e. The van der Waals surface area contributed by atoms with Gasteiger partial charge < -0.3 is 18.6 Å². The van der Waals surface area contributed by atoms with Crippen LogP contribution < -0.4 is 25.4 Å². The standard InChI is InChI=1S/C54H33N2O2P.C3H6/c1-5-20-44-40(16-1)41-17-2-6-21-45(41)55(44)38-14-9-12-34(30-38)36-26-28-52-50(32-36)57-48-24-11-25-49-54(48)59(52)53-29-27-37(33-51(53)58-49)35-13-10-15-39(31-35)56-46-22-7-3-18-42(46)43-19-4-8-23-47(43)56;1-3-2/h1-33H;3H,1H2,2H3. The van der Waals surface area contributed by atoms with Crippen LogP contribution in [-0.2, 0) is 0 Å². The van der Waals surface area contributed by atoms with Crippen molar-refractivity contribution in [3.8, 4) is 56.6 Å². The van der Waals surface area contributed by atoms with Gasteiger partial charge in [-0.25, -0.2) is 0 Å². The Kier molecular flexibility index (Phi) is 8.48. The van der Waals surface area contributed by atoms with Gasteiger partial charge in [0, 0.05) is 51.5 Å². The van der Waals surface area contributed by atoms with Crippen molar-refractivity contribution >= 4 is 67.4 Å². The van der Waals surface area contributed by atoms with Crippen LogP contribution in [0, 0.1) is 0 Å². The molecular weight excluding hydrogens is 776 g/mol. The molecule has 2 aromatic heterocycles. The van der Waals surface area contributed by atoms with Crippen LogP contribution in [-0.4, -0.2) is 9.13 Å². The first-order valence-corrected chi connectivity index (χ1v) is 22.3. The Morgan fingerprint density at radius 2 is 0.742 bits per heavy atom. The first-order chi connectivity index (χ1) is 30.7. The van der Waals surface area contributed by atoms with Gasteiger partial charge in [0.1, 0.15) is 23.0 Å². The van der Waals surface area contributed by atoms with Crippen LogP contribution in [0.25, 0.3) is 77.2 Å². The molecule has 62 heavy (non-hydrogen) atoms. The Labute approximate surface area is 360 Å². The number of hydrogen-bond acceptors (Lipinski definition) is 2. The summed E-state index contributed by atoms with van der Waals surface area (Å²) in [6.45, 7) is 5.25. The fraction of sp³-hybridized carbons (Fsp3) is 0.0175. The van der Waals surface area contributed by atoms with Gasteiger partial charge in [-0.3, -0.25) is 0 Å². The van der Waals surface area contributed by atoms with Gasteiger partial charge in [-0.05, 0) is 114 Å². The molecule has 13 rings (SSSR count). The van der Waals surface area contributed by atoms with Gasteiger partial charge in [0.05, 0.1) is 27.4 Å². The molecule has 4 nitrogen and oxygen atoms in total. The molecule has 2 aliphatic rings. The average Bonchev–Trinajstić information content (AvgIpc) is 3.85. The summed E-state index contributed by atoms with van der Waals surface area (Å²) in [5.74, 6) is 3.53. The van der Waals surface area contributed by atoms with Crippen molar-refractivity contribution in [2.24, 2.45) is 0 Å². The molecule has 0 spiro atoms. The van der Waals surface area contributed by atoms with Crippen LogP contribution in [0.2, 0.25) is 0 Å². The minimum Gasteiger partial charge on any atom is -0.456 e. The molecule has 0 radical (unpaired) electrons. The van der Waals surface area contributed by atoms with E-state index >= 15 is 0 Å². The Bertz CT molecular complexity index is 3260. The van der Waals surface area contributed by atoms with Crippen LogP contribution in [0.5, 0.6) is 23.0 Å². The maximum absolute atomic E-state index is 6.75. The number of nitrogens with zero attached hydrogens (tertiary/aromatic N) is 2. The number of benzene rings is 9. The maximum atomic E-state index is 6.75. The van der Waals surface area contributed by atoms with Crippen LogP contribution in [0.15, 0.2) is 213 Å². The molecule has 0 N–H and O–H groups in total. The van der Waals surface area contributed by atoms with E-state index in [0.29, 0.717) is 0 Å². The third-order valence-corrected chi connectivity index (χ3v) is 14.7. The lowest BCUT2D eigenvalue weighted by Gasteiger charge is -2.34. The molecule has 0 amide bonds. The van der Waals surface area contributed by atoms with Crippen molar-refractivity contribution in [1.29, 1.82) is 0 Å². The predicted molar refractivity (Wildman–Crippen MR) is 261 cm³/mol. The van der Waals surface area contributed by atoms with Crippen molar-refractivity contribution in [2.75, 3.05) is 0 Å². The van der Waals surface area contributed by atoms with E-state index in [2.05, 4.69) is 210 Å². The van der Waals surface area contributed by atoms with E-state index < -0.39 is 7.92 Å². The van der Waals surface area contributed by atoms with Gasteiger partial charge in [-0.15, -0.1) is 6.58 Å². The molecule has 5 heteroatoms. The van der Waals surface area contributed by atoms with Crippen molar-refractivity contribution in [1.82, 2.24) is 9.13 Å². The second kappa shape index (κ2) is 14.5. The van der Waals surface area contributed by atoms with E-state index in [4.69, 9.17) is 9.47 Å². The second-order valence-electron chi connectivity index (χ2n) is 15.8. The van der Waals surface area contributed by atoms with Gasteiger partial charge in [0.25, 0.3) is 0 Å². The lowest BCUT2D eigenvalue weighted by Crippen LogP contribution is -2.31. The lowest BCUT2D eigenvalue weighted by molar-refractivity contribution is 0.467. The van der Waals surface area contributed by atoms with Gasteiger partial charge in [0.2, 0.25) is 0 Å². The second-order valence-corrected chi connectivity index (χ2v) is 17.8. The highest BCUT2D eigenvalue weighted by Gasteiger charge is 2.37. The molecule has 0 atom stereocenters. The molecular formula is C57H39N2O2P. The van der Waals surface area contributed by atoms with E-state index in [1.807, 2.05) is 13.0 Å². The molecule has 0 unspecified atom stereocenters. The monoisotopic (exact) mass is 814 g/mol. The zero-order valence-electron chi connectivity index (χ0n) is 34.0. The number of allylic oxidation sites excluding steroid dienone is 1. The number of aromatic nitrogens is 2. The molecule has 9 aromatic carbocycles. The molecule has 11 aromatic rings. The minimum absolute atomic E-state index is 0.867. The molecule has 0 saturated heterocycles. The highest BCUT2D eigenvalue weighted by atomic mass is 31.1. The highest BCUT2D eigenvalue weighted by molar-refractivity contribution is 7.80. The first kappa shape index (κ1) is 36.2. The summed E-state index contributed by atoms with van der Waals surface area (Å²) in [5.41, 5.74) is 11.6. The molecule has 2 aliphatic heterocycles. The van der Waals surface area contributed by atoms with Crippen molar-refractivity contribution < 1.29 is 9.47 Å². The van der Waals surface area contributed by atoms with Crippen molar-refractivity contribution in [2.45, 2.75) is 6.92 Å². The van der Waals surface area contributed by atoms with Gasteiger partial charge in [-0.1, -0.05) is 121 Å². The van der Waals surface area contributed by atoms with Crippen LogP contribution in [0.1, 0.15) is 6.92 Å². The molecule has 294 valence electrons. The number of ether oxygens (including phenoxy) is 2. The summed E-state index contributed by atoms with van der Waals surface area (Å²) in [4.78, 5) is 0. The molecule has 0 aliphatic carbocycles. The third kappa shape index (κ3) is 5.65. The summed E-state index contributed by atoms with van der Waals surface area (Å²) < 4.78 is 18.2. The van der Waals surface area contributed by atoms with Crippen molar-refractivity contribution in [3.05, 3.63) is 213 Å². The molecule has 0 saturated carbocycles. The summed E-state index contributed by atoms with van der Waals surface area (Å²) in [6, 6.07) is 72.1. The van der Waals surface area contributed by atoms with Crippen LogP contribution in [0.3, 0.4) is 0 Å². The number of hydrogen-bond donors (Lipinski definition) is 0. The number of para-hydroxylation sites is 4. The lowest BCUT2D eigenvalue weighted by atomic mass is 10.0. The fourth-order valence-corrected chi connectivity index (χ4v) is 12.0. The summed E-state index contributed by atoms with van der Waals surface area (Å²) >= 11 is 0. The fourth-order valence-electron chi connectivity index (χ4n) is 9.47. The number of rotatable bonds is 4. The summed E-state index contributed by atoms with van der Waals surface area (Å²) in [5, 5.41) is 8.58. The van der Waals surface area contributed by atoms with Crippen LogP contribution >= 0.6 is 7.92 Å². The van der Waals surface area contributed by atoms with Gasteiger partial charge in [0.15, 0.2) is 0 Å². The topological polar surface area (TPSA) is 28.3 Å². The first-order valence-electron chi connectivity index (χ1n) is 21.0. The molecule has 0 fully saturated rings. The van der Waals surface area contributed by atoms with Crippen molar-refractivity contribution in [3.63, 3.8) is 0 Å². The minimum atomic E-state index is -0.923. The predicted octanol–water partition coefficient (Wildman–Crippen LogP) is 14.4. The van der Waals surface area contributed by atoms with Gasteiger partial charge >= 0.3 is 0 Å². The molecule has 4 heterocycles. The Hall–Kier alpha value is -7.65. The van der Waals surface area contributed by atoms with Crippen LogP contribution in [0.4, 0.5) is 0 Å². The van der Waals surface area contributed by atoms with E-state index in [9.17, 15) is 0 Å². The molecule has 0 bridgehead atoms. The smallest absolute Gasteiger partial charge is 0.139 e. The summed E-state index contributed by atoms with van der Waals surface area (Å²) in [6.07, 6.45) is 1.75. The quantitative estimate of drug-likeness (QED) is 0.131. The Morgan fingerprint density at radius 3 is 1.15 bits per heavy atom. The van der Waals surface area contributed by atoms with E-state index in [-0.39, 0.29) is 0 Å². The summed E-state index contributed by atoms with van der Waals surface area (Å²) in [7, 11) is -0.923. The average molecular weight is 815 g/mol. The van der Waals surface area contributed by atoms with E-state index in [1.165, 1.54) is 54.2 Å². The largest absolute Gasteiger partial charge is 0.456 e. The Morgan fingerprint density at radius 1 is 0.387 bits per heavy atom. The zero-order valence-corrected chi connectivity index (χ0v) is 34.9. The van der Waals surface area contributed by atoms with E-state index in [1.54, 1.807) is 6.08 Å². The SMILES string of the molecule is C=CC.c1cc(-c2ccc3c(c2)Oc2cccc4c2P3c2ccc(-c3cccc(-n5c6ccccc6c6ccccc65)c3)cc2O4)cc(-n2c3ccccc3c3ccccc32)c1. The highest BCUT2D eigenvalue weighted by Crippen LogP contribution is 2.53. The van der Waals surface area contributed by atoms with E-state index in [0.717, 1.165) is 61.9 Å². The van der Waals surface area contributed by atoms with Gasteiger partial charge in [-0.2, -0.15) is 0 Å². The third-order valence-electron chi connectivity index (χ3n) is 12.1. The number of fused-ring (bicyclic) bond motifs is 10. The normalized spacial score (nSPS) is 12.5. The zero-order chi connectivity index (χ0) is 41.3.